The molecule has 1 atom stereocenters. The number of carbonyl (C=O) groups is 2. The molecule has 0 aliphatic carbocycles. The molecule has 2 heterocycles. The molecule has 2 N–H and O–H groups in total. The van der Waals surface area contributed by atoms with Crippen molar-refractivity contribution in [2.45, 2.75) is 31.7 Å². The van der Waals surface area contributed by atoms with Gasteiger partial charge < -0.3 is 15.1 Å². The second-order valence-electron chi connectivity index (χ2n) is 5.35. The van der Waals surface area contributed by atoms with Crippen molar-refractivity contribution in [3.8, 4) is 0 Å². The molecule has 122 valence electrons. The second kappa shape index (κ2) is 7.44. The van der Waals surface area contributed by atoms with Crippen molar-refractivity contribution in [2.24, 2.45) is 0 Å². The predicted molar refractivity (Wildman–Crippen MR) is 79.9 cm³/mol. The number of amides is 2. The fraction of sp³-hybridized carbons (Fsp3) is 0.571. The van der Waals surface area contributed by atoms with Crippen LogP contribution in [0.2, 0.25) is 0 Å². The van der Waals surface area contributed by atoms with Crippen molar-refractivity contribution >= 4 is 21.7 Å². The van der Waals surface area contributed by atoms with Gasteiger partial charge >= 0.3 is 0 Å². The fourth-order valence-electron chi connectivity index (χ4n) is 2.30. The average molecular weight is 328 g/mol. The molecule has 0 radical (unpaired) electrons. The molecule has 1 aromatic heterocycles. The van der Waals surface area contributed by atoms with Gasteiger partial charge in [-0.3, -0.25) is 9.59 Å². The lowest BCUT2D eigenvalue weighted by Gasteiger charge is -2.11. The zero-order valence-corrected chi connectivity index (χ0v) is 13.0. The normalized spacial score (nSPS) is 19.7. The lowest BCUT2D eigenvalue weighted by molar-refractivity contribution is -0.122. The molecule has 1 aliphatic rings. The van der Waals surface area contributed by atoms with E-state index in [0.29, 0.717) is 19.3 Å². The summed E-state index contributed by atoms with van der Waals surface area (Å²) in [7, 11) is -3.00. The molecule has 0 aromatic carbocycles. The Bertz CT molecular complexity index is 609. The Morgan fingerprint density at radius 3 is 2.73 bits per heavy atom. The van der Waals surface area contributed by atoms with Crippen LogP contribution >= 0.6 is 0 Å². The van der Waals surface area contributed by atoms with Gasteiger partial charge in [0.15, 0.2) is 9.84 Å². The minimum atomic E-state index is -3.00. The van der Waals surface area contributed by atoms with Gasteiger partial charge in [-0.15, -0.1) is 0 Å². The van der Waals surface area contributed by atoms with E-state index in [1.54, 1.807) is 18.4 Å². The monoisotopic (exact) mass is 328 g/mol. The van der Waals surface area contributed by atoms with Crippen LogP contribution in [0.5, 0.6) is 0 Å². The molecule has 0 spiro atoms. The zero-order chi connectivity index (χ0) is 16.0. The van der Waals surface area contributed by atoms with Crippen LogP contribution in [0.3, 0.4) is 0 Å². The summed E-state index contributed by atoms with van der Waals surface area (Å²) in [6.45, 7) is 0.238. The van der Waals surface area contributed by atoms with E-state index >= 15 is 0 Å². The Balaban J connectivity index is 1.57. The van der Waals surface area contributed by atoms with Gasteiger partial charge in [0, 0.05) is 31.8 Å². The third-order valence-electron chi connectivity index (χ3n) is 3.45. The maximum Gasteiger partial charge on any atom is 0.222 e. The van der Waals surface area contributed by atoms with E-state index in [0.717, 1.165) is 5.76 Å². The van der Waals surface area contributed by atoms with E-state index in [4.69, 9.17) is 4.42 Å². The predicted octanol–water partition coefficient (Wildman–Crippen LogP) is 0.0218. The van der Waals surface area contributed by atoms with Gasteiger partial charge in [0.1, 0.15) is 5.76 Å². The van der Waals surface area contributed by atoms with Crippen LogP contribution in [-0.4, -0.2) is 44.3 Å². The third kappa shape index (κ3) is 5.51. The number of sulfone groups is 1. The highest BCUT2D eigenvalue weighted by Crippen LogP contribution is 2.11. The van der Waals surface area contributed by atoms with Crippen LogP contribution in [0.4, 0.5) is 0 Å². The van der Waals surface area contributed by atoms with E-state index in [1.807, 2.05) is 0 Å². The van der Waals surface area contributed by atoms with E-state index < -0.39 is 9.84 Å². The second-order valence-corrected chi connectivity index (χ2v) is 7.58. The highest BCUT2D eigenvalue weighted by molar-refractivity contribution is 7.91. The molecule has 1 aliphatic heterocycles. The van der Waals surface area contributed by atoms with Gasteiger partial charge in [-0.05, 0) is 18.6 Å². The van der Waals surface area contributed by atoms with Gasteiger partial charge in [-0.2, -0.15) is 0 Å². The Morgan fingerprint density at radius 1 is 1.27 bits per heavy atom. The minimum Gasteiger partial charge on any atom is -0.469 e. The van der Waals surface area contributed by atoms with Crippen LogP contribution in [0.25, 0.3) is 0 Å². The van der Waals surface area contributed by atoms with Crippen LogP contribution in [0.15, 0.2) is 22.8 Å². The molecule has 8 heteroatoms. The quantitative estimate of drug-likeness (QED) is 0.734. The molecule has 22 heavy (non-hydrogen) atoms. The smallest absolute Gasteiger partial charge is 0.222 e. The molecular weight excluding hydrogens is 308 g/mol. The molecule has 1 saturated heterocycles. The van der Waals surface area contributed by atoms with E-state index in [1.165, 1.54) is 0 Å². The van der Waals surface area contributed by atoms with Crippen molar-refractivity contribution in [3.63, 3.8) is 0 Å². The maximum absolute atomic E-state index is 11.7. The summed E-state index contributed by atoms with van der Waals surface area (Å²) in [5.74, 6) is 0.492. The van der Waals surface area contributed by atoms with Crippen molar-refractivity contribution in [2.75, 3.05) is 18.1 Å². The minimum absolute atomic E-state index is 0.00818. The Morgan fingerprint density at radius 2 is 2.09 bits per heavy atom. The first-order chi connectivity index (χ1) is 10.4. The van der Waals surface area contributed by atoms with Gasteiger partial charge in [-0.1, -0.05) is 0 Å². The van der Waals surface area contributed by atoms with E-state index in [9.17, 15) is 18.0 Å². The fourth-order valence-corrected chi connectivity index (χ4v) is 3.98. The third-order valence-corrected chi connectivity index (χ3v) is 5.22. The highest BCUT2D eigenvalue weighted by Gasteiger charge is 2.28. The number of hydrogen-bond acceptors (Lipinski definition) is 5. The first kappa shape index (κ1) is 16.5. The SMILES string of the molecule is O=C(CCc1ccco1)NCCC(=O)N[C@@H]1CCS(=O)(=O)C1. The van der Waals surface area contributed by atoms with E-state index in [2.05, 4.69) is 10.6 Å². The van der Waals surface area contributed by atoms with Crippen LogP contribution in [0.1, 0.15) is 25.0 Å². The summed E-state index contributed by atoms with van der Waals surface area (Å²) in [6.07, 6.45) is 2.98. The summed E-state index contributed by atoms with van der Waals surface area (Å²) in [6, 6.07) is 3.27. The topological polar surface area (TPSA) is 105 Å². The lowest BCUT2D eigenvalue weighted by Crippen LogP contribution is -2.37. The molecule has 0 bridgehead atoms. The number of furan rings is 1. The number of rotatable bonds is 7. The summed E-state index contributed by atoms with van der Waals surface area (Å²) < 4.78 is 27.7. The molecule has 7 nitrogen and oxygen atoms in total. The van der Waals surface area contributed by atoms with Crippen molar-refractivity contribution in [3.05, 3.63) is 24.2 Å². The zero-order valence-electron chi connectivity index (χ0n) is 12.2. The average Bonchev–Trinajstić information content (AvgIpc) is 3.06. The van der Waals surface area contributed by atoms with E-state index in [-0.39, 0.29) is 42.3 Å². The van der Waals surface area contributed by atoms with Crippen molar-refractivity contribution < 1.29 is 22.4 Å². The number of aryl methyl sites for hydroxylation is 1. The molecule has 0 saturated carbocycles. The standard InChI is InChI=1S/C14H20N2O5S/c17-13(4-3-12-2-1-8-21-12)15-7-5-14(18)16-11-6-9-22(19,20)10-11/h1-2,8,11H,3-7,9-10H2,(H,15,17)(H,16,18)/t11-/m1/s1. The highest BCUT2D eigenvalue weighted by atomic mass is 32.2. The molecule has 2 rings (SSSR count). The molecule has 1 aromatic rings. The Kier molecular flexibility index (Phi) is 5.59. The number of hydrogen-bond donors (Lipinski definition) is 2. The van der Waals surface area contributed by atoms with Gasteiger partial charge in [0.05, 0.1) is 17.8 Å². The summed E-state index contributed by atoms with van der Waals surface area (Å²) in [4.78, 5) is 23.2. The van der Waals surface area contributed by atoms with Gasteiger partial charge in [0.2, 0.25) is 11.8 Å². The summed E-state index contributed by atoms with van der Waals surface area (Å²) >= 11 is 0. The molecule has 0 unspecified atom stereocenters. The molecular formula is C14H20N2O5S. The van der Waals surface area contributed by atoms with Crippen LogP contribution in [-0.2, 0) is 25.8 Å². The first-order valence-corrected chi connectivity index (χ1v) is 9.05. The Labute approximate surface area is 129 Å². The lowest BCUT2D eigenvalue weighted by atomic mass is 10.2. The number of nitrogens with one attached hydrogen (secondary N) is 2. The van der Waals surface area contributed by atoms with Gasteiger partial charge in [0.25, 0.3) is 0 Å². The largest absolute Gasteiger partial charge is 0.469 e. The summed E-state index contributed by atoms with van der Waals surface area (Å²) in [5, 5.41) is 5.34. The maximum atomic E-state index is 11.7. The van der Waals surface area contributed by atoms with Crippen molar-refractivity contribution in [1.29, 1.82) is 0 Å². The first-order valence-electron chi connectivity index (χ1n) is 7.23. The Hall–Kier alpha value is -1.83. The van der Waals surface area contributed by atoms with Crippen LogP contribution < -0.4 is 10.6 Å². The van der Waals surface area contributed by atoms with Crippen molar-refractivity contribution in [1.82, 2.24) is 10.6 Å². The van der Waals surface area contributed by atoms with Gasteiger partial charge in [-0.25, -0.2) is 8.42 Å². The summed E-state index contributed by atoms with van der Waals surface area (Å²) in [5.41, 5.74) is 0. The van der Waals surface area contributed by atoms with Crippen LogP contribution in [0, 0.1) is 0 Å². The molecule has 1 fully saturated rings. The number of carbonyl (C=O) groups excluding carboxylic acids is 2. The molecule has 2 amide bonds.